The number of nitrogens with one attached hydrogen (secondary N) is 1. The van der Waals surface area contributed by atoms with E-state index in [4.69, 9.17) is 4.74 Å². The number of hydrogen-bond acceptors (Lipinski definition) is 6. The molecule has 0 fully saturated rings. The highest BCUT2D eigenvalue weighted by Crippen LogP contribution is 2.32. The number of thiophene rings is 1. The summed E-state index contributed by atoms with van der Waals surface area (Å²) in [6, 6.07) is 6.91. The van der Waals surface area contributed by atoms with Gasteiger partial charge in [0.1, 0.15) is 0 Å². The van der Waals surface area contributed by atoms with Crippen molar-refractivity contribution in [3.05, 3.63) is 50.2 Å². The molecular weight excluding hydrogens is 342 g/mol. The molecule has 7 nitrogen and oxygen atoms in total. The molecule has 2 aromatic rings. The Labute approximate surface area is 150 Å². The highest BCUT2D eigenvalue weighted by atomic mass is 32.1. The summed E-state index contributed by atoms with van der Waals surface area (Å²) in [7, 11) is 1.36. The lowest BCUT2D eigenvalue weighted by Gasteiger charge is -2.19. The Hall–Kier alpha value is -2.45. The fourth-order valence-corrected chi connectivity index (χ4v) is 3.16. The summed E-state index contributed by atoms with van der Waals surface area (Å²) in [5.41, 5.74) is 1.01. The maximum Gasteiger partial charge on any atom is 0.311 e. The molecule has 1 aromatic heterocycles. The molecule has 0 radical (unpaired) electrons. The zero-order valence-electron chi connectivity index (χ0n) is 14.4. The van der Waals surface area contributed by atoms with Crippen molar-refractivity contribution in [2.45, 2.75) is 20.4 Å². The number of benzene rings is 1. The number of nitrogens with zero attached hydrogens (tertiary/aromatic N) is 2. The van der Waals surface area contributed by atoms with Crippen LogP contribution in [0.3, 0.4) is 0 Å². The third kappa shape index (κ3) is 5.01. The highest BCUT2D eigenvalue weighted by Gasteiger charge is 2.19. The molecule has 0 saturated carbocycles. The molecule has 0 aliphatic heterocycles. The van der Waals surface area contributed by atoms with Gasteiger partial charge >= 0.3 is 5.69 Å². The lowest BCUT2D eigenvalue weighted by atomic mass is 10.1. The van der Waals surface area contributed by atoms with Crippen LogP contribution in [0.5, 0.6) is 5.75 Å². The number of aryl methyl sites for hydroxylation is 1. The fourth-order valence-electron chi connectivity index (χ4n) is 2.41. The van der Waals surface area contributed by atoms with Crippen LogP contribution in [0.2, 0.25) is 0 Å². The molecule has 0 aliphatic carbocycles. The van der Waals surface area contributed by atoms with Gasteiger partial charge in [0, 0.05) is 29.2 Å². The summed E-state index contributed by atoms with van der Waals surface area (Å²) in [5, 5.41) is 15.9. The van der Waals surface area contributed by atoms with Crippen molar-refractivity contribution in [3.8, 4) is 5.75 Å². The van der Waals surface area contributed by atoms with E-state index in [-0.39, 0.29) is 23.9 Å². The Kier molecular flexibility index (Phi) is 6.49. The van der Waals surface area contributed by atoms with E-state index in [0.717, 1.165) is 6.54 Å². The van der Waals surface area contributed by atoms with Crippen molar-refractivity contribution in [2.24, 2.45) is 0 Å². The zero-order chi connectivity index (χ0) is 18.4. The van der Waals surface area contributed by atoms with Gasteiger partial charge in [-0.25, -0.2) is 0 Å². The second kappa shape index (κ2) is 8.59. The maximum atomic E-state index is 12.4. The first-order chi connectivity index (χ1) is 11.9. The number of hydrogen-bond donors (Lipinski definition) is 1. The molecule has 8 heteroatoms. The van der Waals surface area contributed by atoms with Crippen LogP contribution in [-0.2, 0) is 11.3 Å². The molecule has 0 unspecified atom stereocenters. The third-order valence-electron chi connectivity index (χ3n) is 3.77. The number of likely N-dealkylation sites (N-methyl/N-ethyl adjacent to an activating group) is 1. The van der Waals surface area contributed by atoms with Gasteiger partial charge in [-0.05, 0) is 30.5 Å². The minimum absolute atomic E-state index is 0.120. The second-order valence-corrected chi connectivity index (χ2v) is 6.56. The van der Waals surface area contributed by atoms with Crippen molar-refractivity contribution in [3.63, 3.8) is 0 Å². The maximum absolute atomic E-state index is 12.4. The first-order valence-electron chi connectivity index (χ1n) is 7.82. The van der Waals surface area contributed by atoms with Crippen LogP contribution in [-0.4, -0.2) is 35.9 Å². The summed E-state index contributed by atoms with van der Waals surface area (Å²) in [6.45, 7) is 5.41. The molecule has 2 rings (SSSR count). The van der Waals surface area contributed by atoms with E-state index in [1.54, 1.807) is 18.3 Å². The van der Waals surface area contributed by atoms with E-state index in [0.29, 0.717) is 17.8 Å². The summed E-state index contributed by atoms with van der Waals surface area (Å²) in [4.78, 5) is 26.1. The summed E-state index contributed by atoms with van der Waals surface area (Å²) in [6.07, 6.45) is 0. The van der Waals surface area contributed by atoms with Crippen molar-refractivity contribution >= 4 is 28.6 Å². The predicted molar refractivity (Wildman–Crippen MR) is 98.3 cm³/mol. The van der Waals surface area contributed by atoms with Crippen LogP contribution >= 0.6 is 11.3 Å². The van der Waals surface area contributed by atoms with Gasteiger partial charge in [-0.15, -0.1) is 11.3 Å². The van der Waals surface area contributed by atoms with Crippen LogP contribution in [0.1, 0.15) is 17.4 Å². The molecule has 1 N–H and O–H groups in total. The number of rotatable bonds is 8. The second-order valence-electron chi connectivity index (χ2n) is 5.53. The molecule has 134 valence electrons. The van der Waals surface area contributed by atoms with Crippen molar-refractivity contribution in [2.75, 3.05) is 25.5 Å². The standard InChI is InChI=1S/C17H21N3O4S/c1-4-19(10-13-6-5-7-25-13)11-17(21)18-14-9-16(24-3)15(20(22)23)8-12(14)2/h5-9H,4,10-11H2,1-3H3,(H,18,21). The van der Waals surface area contributed by atoms with Crippen molar-refractivity contribution in [1.29, 1.82) is 0 Å². The van der Waals surface area contributed by atoms with Crippen LogP contribution in [0.25, 0.3) is 0 Å². The summed E-state index contributed by atoms with van der Waals surface area (Å²) < 4.78 is 5.05. The summed E-state index contributed by atoms with van der Waals surface area (Å²) >= 11 is 1.66. The first kappa shape index (κ1) is 18.9. The van der Waals surface area contributed by atoms with Crippen molar-refractivity contribution in [1.82, 2.24) is 4.90 Å². The van der Waals surface area contributed by atoms with E-state index >= 15 is 0 Å². The van der Waals surface area contributed by atoms with Gasteiger partial charge in [0.15, 0.2) is 5.75 Å². The quantitative estimate of drug-likeness (QED) is 0.574. The average Bonchev–Trinajstić information content (AvgIpc) is 3.08. The van der Waals surface area contributed by atoms with Gasteiger partial charge in [-0.3, -0.25) is 19.8 Å². The number of nitro groups is 1. The van der Waals surface area contributed by atoms with Gasteiger partial charge in [-0.2, -0.15) is 0 Å². The molecule has 0 bridgehead atoms. The molecule has 0 spiro atoms. The van der Waals surface area contributed by atoms with Crippen LogP contribution < -0.4 is 10.1 Å². The average molecular weight is 363 g/mol. The lowest BCUT2D eigenvalue weighted by Crippen LogP contribution is -2.32. The van der Waals surface area contributed by atoms with E-state index in [1.165, 1.54) is 24.1 Å². The Balaban J connectivity index is 2.07. The largest absolute Gasteiger partial charge is 0.490 e. The van der Waals surface area contributed by atoms with Gasteiger partial charge in [0.05, 0.1) is 18.6 Å². The Morgan fingerprint density at radius 2 is 2.20 bits per heavy atom. The van der Waals surface area contributed by atoms with Gasteiger partial charge in [-0.1, -0.05) is 13.0 Å². The number of nitro benzene ring substituents is 1. The smallest absolute Gasteiger partial charge is 0.311 e. The van der Waals surface area contributed by atoms with Gasteiger partial charge < -0.3 is 10.1 Å². The molecule has 1 heterocycles. The first-order valence-corrected chi connectivity index (χ1v) is 8.70. The predicted octanol–water partition coefficient (Wildman–Crippen LogP) is 3.43. The minimum Gasteiger partial charge on any atom is -0.490 e. The normalized spacial score (nSPS) is 10.7. The third-order valence-corrected chi connectivity index (χ3v) is 4.63. The molecule has 25 heavy (non-hydrogen) atoms. The van der Waals surface area contributed by atoms with Gasteiger partial charge in [0.25, 0.3) is 0 Å². The molecule has 1 aromatic carbocycles. The summed E-state index contributed by atoms with van der Waals surface area (Å²) in [5.74, 6) is -0.0470. The zero-order valence-corrected chi connectivity index (χ0v) is 15.3. The van der Waals surface area contributed by atoms with E-state index in [2.05, 4.69) is 5.32 Å². The molecule has 0 aliphatic rings. The number of anilines is 1. The molecule has 0 saturated heterocycles. The number of carbonyl (C=O) groups is 1. The molecule has 1 amide bonds. The number of amides is 1. The Morgan fingerprint density at radius 1 is 1.44 bits per heavy atom. The van der Waals surface area contributed by atoms with Crippen LogP contribution in [0.4, 0.5) is 11.4 Å². The Bertz CT molecular complexity index is 747. The number of ether oxygens (including phenoxy) is 1. The SMILES string of the molecule is CCN(CC(=O)Nc1cc(OC)c([N+](=O)[O-])cc1C)Cc1cccs1. The number of carbonyl (C=O) groups excluding carboxylic acids is 1. The van der Waals surface area contributed by atoms with E-state index in [9.17, 15) is 14.9 Å². The molecule has 0 atom stereocenters. The molecular formula is C17H21N3O4S. The van der Waals surface area contributed by atoms with E-state index in [1.807, 2.05) is 29.3 Å². The minimum atomic E-state index is -0.503. The monoisotopic (exact) mass is 363 g/mol. The highest BCUT2D eigenvalue weighted by molar-refractivity contribution is 7.09. The number of methoxy groups -OCH3 is 1. The topological polar surface area (TPSA) is 84.7 Å². The van der Waals surface area contributed by atoms with Crippen molar-refractivity contribution < 1.29 is 14.5 Å². The van der Waals surface area contributed by atoms with Crippen LogP contribution in [0.15, 0.2) is 29.6 Å². The Morgan fingerprint density at radius 3 is 2.76 bits per heavy atom. The van der Waals surface area contributed by atoms with E-state index < -0.39 is 4.92 Å². The van der Waals surface area contributed by atoms with Gasteiger partial charge in [0.2, 0.25) is 5.91 Å². The lowest BCUT2D eigenvalue weighted by molar-refractivity contribution is -0.385. The fraction of sp³-hybridized carbons (Fsp3) is 0.353. The van der Waals surface area contributed by atoms with Crippen LogP contribution in [0, 0.1) is 17.0 Å².